The molecular weight excluding hydrogens is 422 g/mol. The number of para-hydroxylation sites is 2. The minimum atomic E-state index is -0.488. The summed E-state index contributed by atoms with van der Waals surface area (Å²) in [5.74, 6) is -0.461. The maximum Gasteiger partial charge on any atom is 0.341 e. The summed E-state index contributed by atoms with van der Waals surface area (Å²) >= 11 is 6.72. The molecule has 0 saturated carbocycles. The molecule has 0 aliphatic heterocycles. The number of nitrogens with one attached hydrogen (secondary N) is 2. The summed E-state index contributed by atoms with van der Waals surface area (Å²) in [6.45, 7) is 3.90. The predicted molar refractivity (Wildman–Crippen MR) is 123 cm³/mol. The highest BCUT2D eigenvalue weighted by Crippen LogP contribution is 2.40. The van der Waals surface area contributed by atoms with Gasteiger partial charge in [-0.3, -0.25) is 10.1 Å². The van der Waals surface area contributed by atoms with Gasteiger partial charge in [0.05, 0.1) is 11.5 Å². The molecule has 0 amide bonds. The lowest BCUT2D eigenvalue weighted by molar-refractivity contribution is -0.383. The van der Waals surface area contributed by atoms with E-state index in [2.05, 4.69) is 10.6 Å². The fraction of sp³-hybridized carbons (Fsp3) is 0.143. The van der Waals surface area contributed by atoms with Crippen molar-refractivity contribution in [3.63, 3.8) is 0 Å². The Morgan fingerprint density at radius 3 is 2.47 bits per heavy atom. The molecule has 0 bridgehead atoms. The van der Waals surface area contributed by atoms with Crippen molar-refractivity contribution >= 4 is 51.0 Å². The van der Waals surface area contributed by atoms with Crippen LogP contribution in [0.4, 0.5) is 16.4 Å². The summed E-state index contributed by atoms with van der Waals surface area (Å²) in [5.41, 5.74) is 2.21. The van der Waals surface area contributed by atoms with Crippen LogP contribution in [0.15, 0.2) is 54.6 Å². The summed E-state index contributed by atoms with van der Waals surface area (Å²) in [4.78, 5) is 24.4. The van der Waals surface area contributed by atoms with Gasteiger partial charge in [0, 0.05) is 16.5 Å². The lowest BCUT2D eigenvalue weighted by Crippen LogP contribution is -2.20. The van der Waals surface area contributed by atoms with Crippen molar-refractivity contribution in [1.82, 2.24) is 0 Å². The number of carbonyl (C=O) groups excluding carboxylic acids is 1. The molecule has 0 atom stereocenters. The Hall–Kier alpha value is -3.30. The van der Waals surface area contributed by atoms with Gasteiger partial charge in [0.1, 0.15) is 16.3 Å². The van der Waals surface area contributed by atoms with Gasteiger partial charge in [-0.1, -0.05) is 42.5 Å². The smallest absolute Gasteiger partial charge is 0.341 e. The van der Waals surface area contributed by atoms with Crippen LogP contribution in [0, 0.1) is 17.0 Å². The van der Waals surface area contributed by atoms with E-state index in [0.717, 1.165) is 16.0 Å². The molecule has 2 N–H and O–H groups in total. The summed E-state index contributed by atoms with van der Waals surface area (Å²) in [6.07, 6.45) is 0. The molecule has 0 fully saturated rings. The first-order valence-corrected chi connectivity index (χ1v) is 10.3. The minimum absolute atomic E-state index is 0.0976. The van der Waals surface area contributed by atoms with E-state index in [1.54, 1.807) is 25.1 Å². The second-order valence-electron chi connectivity index (χ2n) is 6.18. The maximum atomic E-state index is 12.7. The highest BCUT2D eigenvalue weighted by molar-refractivity contribution is 7.80. The van der Waals surface area contributed by atoms with Gasteiger partial charge >= 0.3 is 5.97 Å². The van der Waals surface area contributed by atoms with E-state index in [-0.39, 0.29) is 23.1 Å². The fourth-order valence-corrected chi connectivity index (χ4v) is 4.32. The second-order valence-corrected chi connectivity index (χ2v) is 7.81. The Bertz CT molecular complexity index is 1100. The van der Waals surface area contributed by atoms with Crippen LogP contribution in [0.5, 0.6) is 0 Å². The molecule has 0 aliphatic carbocycles. The Morgan fingerprint density at radius 1 is 1.13 bits per heavy atom. The Kier molecular flexibility index (Phi) is 6.76. The van der Waals surface area contributed by atoms with Crippen LogP contribution in [-0.2, 0) is 4.74 Å². The molecular formula is C21H19N3O4S2. The number of carbonyl (C=O) groups is 1. The van der Waals surface area contributed by atoms with Crippen LogP contribution < -0.4 is 10.6 Å². The largest absolute Gasteiger partial charge is 0.462 e. The van der Waals surface area contributed by atoms with Crippen molar-refractivity contribution in [3.8, 4) is 11.1 Å². The van der Waals surface area contributed by atoms with Crippen molar-refractivity contribution in [2.24, 2.45) is 0 Å². The van der Waals surface area contributed by atoms with E-state index in [9.17, 15) is 14.9 Å². The van der Waals surface area contributed by atoms with E-state index >= 15 is 0 Å². The van der Waals surface area contributed by atoms with Crippen molar-refractivity contribution in [2.45, 2.75) is 13.8 Å². The normalized spacial score (nSPS) is 10.3. The third kappa shape index (κ3) is 4.64. The number of thiocarbonyl (C=S) groups is 1. The fourth-order valence-electron chi connectivity index (χ4n) is 2.98. The zero-order valence-electron chi connectivity index (χ0n) is 16.3. The number of hydrogen-bond acceptors (Lipinski definition) is 6. The summed E-state index contributed by atoms with van der Waals surface area (Å²) in [7, 11) is 0. The van der Waals surface area contributed by atoms with Gasteiger partial charge in [-0.2, -0.15) is 0 Å². The molecule has 0 unspecified atom stereocenters. The molecule has 2 aromatic carbocycles. The van der Waals surface area contributed by atoms with Gasteiger partial charge in [-0.25, -0.2) is 4.79 Å². The first kappa shape index (κ1) is 21.4. The number of aryl methyl sites for hydroxylation is 1. The molecule has 3 aromatic rings. The molecule has 0 spiro atoms. The zero-order valence-corrected chi connectivity index (χ0v) is 17.9. The molecule has 3 rings (SSSR count). The van der Waals surface area contributed by atoms with Crippen LogP contribution in [-0.4, -0.2) is 22.6 Å². The third-order valence-electron chi connectivity index (χ3n) is 4.20. The number of anilines is 2. The quantitative estimate of drug-likeness (QED) is 0.222. The molecule has 9 heteroatoms. The van der Waals surface area contributed by atoms with Crippen molar-refractivity contribution in [1.29, 1.82) is 0 Å². The number of rotatable bonds is 6. The molecule has 154 valence electrons. The van der Waals surface area contributed by atoms with Crippen molar-refractivity contribution in [2.75, 3.05) is 17.2 Å². The number of nitrogens with zero attached hydrogens (tertiary/aromatic N) is 1. The first-order valence-electron chi connectivity index (χ1n) is 9.09. The number of benzene rings is 2. The van der Waals surface area contributed by atoms with Crippen LogP contribution >= 0.6 is 23.6 Å². The Morgan fingerprint density at radius 2 is 1.80 bits per heavy atom. The highest BCUT2D eigenvalue weighted by Gasteiger charge is 2.25. The third-order valence-corrected chi connectivity index (χ3v) is 5.43. The SMILES string of the molecule is CCOC(=O)c1c(NC(=S)Nc2ccccc2[N+](=O)[O-])sc(C)c1-c1ccccc1. The van der Waals surface area contributed by atoms with Crippen LogP contribution in [0.2, 0.25) is 0 Å². The standard InChI is InChI=1S/C21H19N3O4S2/c1-3-28-20(25)18-17(14-9-5-4-6-10-14)13(2)30-19(18)23-21(29)22-15-11-7-8-12-16(15)24(26)27/h4-12H,3H2,1-2H3,(H2,22,23,29). The average molecular weight is 442 g/mol. The molecule has 7 nitrogen and oxygen atoms in total. The van der Waals surface area contributed by atoms with E-state index in [1.165, 1.54) is 17.4 Å². The minimum Gasteiger partial charge on any atom is -0.462 e. The van der Waals surface area contributed by atoms with Gasteiger partial charge in [0.15, 0.2) is 5.11 Å². The highest BCUT2D eigenvalue weighted by atomic mass is 32.1. The molecule has 30 heavy (non-hydrogen) atoms. The molecule has 0 saturated heterocycles. The van der Waals surface area contributed by atoms with Gasteiger partial charge in [-0.05, 0) is 37.7 Å². The van der Waals surface area contributed by atoms with Gasteiger partial charge in [0.2, 0.25) is 0 Å². The molecule has 1 aromatic heterocycles. The number of hydrogen-bond donors (Lipinski definition) is 2. The monoisotopic (exact) mass is 441 g/mol. The van der Waals surface area contributed by atoms with Crippen molar-refractivity contribution in [3.05, 3.63) is 75.2 Å². The van der Waals surface area contributed by atoms with Crippen molar-refractivity contribution < 1.29 is 14.5 Å². The van der Waals surface area contributed by atoms with E-state index in [0.29, 0.717) is 10.6 Å². The lowest BCUT2D eigenvalue weighted by atomic mass is 10.0. The number of thiophene rings is 1. The average Bonchev–Trinajstić information content (AvgIpc) is 3.04. The van der Waals surface area contributed by atoms with Gasteiger partial charge in [0.25, 0.3) is 5.69 Å². The Labute approximate surface area is 182 Å². The number of esters is 1. The summed E-state index contributed by atoms with van der Waals surface area (Å²) < 4.78 is 5.27. The van der Waals surface area contributed by atoms with Crippen LogP contribution in [0.3, 0.4) is 0 Å². The lowest BCUT2D eigenvalue weighted by Gasteiger charge is -2.12. The topological polar surface area (TPSA) is 93.5 Å². The van der Waals surface area contributed by atoms with E-state index in [1.807, 2.05) is 37.3 Å². The summed E-state index contributed by atoms with van der Waals surface area (Å²) in [6, 6.07) is 15.7. The van der Waals surface area contributed by atoms with Crippen LogP contribution in [0.25, 0.3) is 11.1 Å². The number of ether oxygens (including phenoxy) is 1. The van der Waals surface area contributed by atoms with E-state index in [4.69, 9.17) is 17.0 Å². The first-order chi connectivity index (χ1) is 14.4. The Balaban J connectivity index is 1.95. The van der Waals surface area contributed by atoms with Gasteiger partial charge in [-0.15, -0.1) is 11.3 Å². The molecule has 0 aliphatic rings. The molecule has 1 heterocycles. The predicted octanol–water partition coefficient (Wildman–Crippen LogP) is 5.62. The van der Waals surface area contributed by atoms with Crippen LogP contribution in [0.1, 0.15) is 22.2 Å². The van der Waals surface area contributed by atoms with E-state index < -0.39 is 10.9 Å². The maximum absolute atomic E-state index is 12.7. The number of nitro groups is 1. The second kappa shape index (κ2) is 9.47. The zero-order chi connectivity index (χ0) is 21.7. The number of nitro benzene ring substituents is 1. The molecule has 0 radical (unpaired) electrons. The van der Waals surface area contributed by atoms with Gasteiger partial charge < -0.3 is 15.4 Å². The summed E-state index contributed by atoms with van der Waals surface area (Å²) in [5, 5.41) is 17.7.